The quantitative estimate of drug-likeness (QED) is 0.545. The first-order valence-corrected chi connectivity index (χ1v) is 3.66. The Morgan fingerprint density at radius 2 is 2.30 bits per heavy atom. The van der Waals surface area contributed by atoms with Crippen LogP contribution in [-0.2, 0) is 4.74 Å². The van der Waals surface area contributed by atoms with Crippen molar-refractivity contribution >= 4 is 0 Å². The molecule has 0 aromatic carbocycles. The zero-order chi connectivity index (χ0) is 7.98. The predicted molar refractivity (Wildman–Crippen MR) is 45.0 cm³/mol. The molecule has 0 spiro atoms. The predicted octanol–water partition coefficient (Wildman–Crippen LogP) is 2.54. The van der Waals surface area contributed by atoms with Gasteiger partial charge in [-0.3, -0.25) is 0 Å². The maximum absolute atomic E-state index is 5.35. The number of allylic oxidation sites excluding steroid dienone is 1. The summed E-state index contributed by atoms with van der Waals surface area (Å²) in [6, 6.07) is 0. The Kier molecular flexibility index (Phi) is 4.95. The average Bonchev–Trinajstić information content (AvgIpc) is 1.91. The normalized spacial score (nSPS) is 14.9. The van der Waals surface area contributed by atoms with Gasteiger partial charge in [0.15, 0.2) is 0 Å². The topological polar surface area (TPSA) is 9.23 Å². The van der Waals surface area contributed by atoms with Crippen LogP contribution in [0, 0.1) is 0 Å². The molecule has 0 fully saturated rings. The Morgan fingerprint density at radius 1 is 1.70 bits per heavy atom. The fourth-order valence-electron chi connectivity index (χ4n) is 0.865. The van der Waals surface area contributed by atoms with Gasteiger partial charge in [-0.2, -0.15) is 0 Å². The summed E-state index contributed by atoms with van der Waals surface area (Å²) in [7, 11) is 0. The summed E-state index contributed by atoms with van der Waals surface area (Å²) in [4.78, 5) is 0. The first kappa shape index (κ1) is 9.44. The van der Waals surface area contributed by atoms with E-state index in [-0.39, 0.29) is 6.10 Å². The molecule has 0 aliphatic heterocycles. The number of ether oxygens (including phenoxy) is 1. The third kappa shape index (κ3) is 2.83. The van der Waals surface area contributed by atoms with Crippen LogP contribution in [-0.4, -0.2) is 12.7 Å². The van der Waals surface area contributed by atoms with Crippen molar-refractivity contribution in [1.29, 1.82) is 0 Å². The van der Waals surface area contributed by atoms with Crippen LogP contribution in [0.2, 0.25) is 0 Å². The SMILES string of the molecule is C=C/C(=C\C)C(C)OCC. The van der Waals surface area contributed by atoms with Crippen LogP contribution < -0.4 is 0 Å². The summed E-state index contributed by atoms with van der Waals surface area (Å²) in [6.45, 7) is 10.5. The molecule has 0 rings (SSSR count). The zero-order valence-electron chi connectivity index (χ0n) is 7.05. The number of hydrogen-bond acceptors (Lipinski definition) is 1. The van der Waals surface area contributed by atoms with Crippen molar-refractivity contribution in [2.75, 3.05) is 6.61 Å². The average molecular weight is 140 g/mol. The smallest absolute Gasteiger partial charge is 0.0793 e. The Balaban J connectivity index is 3.89. The van der Waals surface area contributed by atoms with Gasteiger partial charge in [-0.05, 0) is 26.3 Å². The summed E-state index contributed by atoms with van der Waals surface area (Å²) in [5.41, 5.74) is 1.15. The highest BCUT2D eigenvalue weighted by molar-refractivity contribution is 5.19. The highest BCUT2D eigenvalue weighted by Gasteiger charge is 2.01. The van der Waals surface area contributed by atoms with E-state index in [1.165, 1.54) is 0 Å². The second-order valence-electron chi connectivity index (χ2n) is 2.09. The third-order valence-corrected chi connectivity index (χ3v) is 1.46. The van der Waals surface area contributed by atoms with E-state index in [2.05, 4.69) is 6.58 Å². The van der Waals surface area contributed by atoms with Crippen LogP contribution in [0.5, 0.6) is 0 Å². The second kappa shape index (κ2) is 5.24. The number of rotatable bonds is 4. The van der Waals surface area contributed by atoms with Gasteiger partial charge >= 0.3 is 0 Å². The van der Waals surface area contributed by atoms with Crippen LogP contribution >= 0.6 is 0 Å². The van der Waals surface area contributed by atoms with E-state index >= 15 is 0 Å². The summed E-state index contributed by atoms with van der Waals surface area (Å²) in [6.07, 6.45) is 4.04. The molecular weight excluding hydrogens is 124 g/mol. The molecule has 1 atom stereocenters. The maximum atomic E-state index is 5.35. The van der Waals surface area contributed by atoms with Crippen LogP contribution in [0.1, 0.15) is 20.8 Å². The molecule has 0 aliphatic rings. The fraction of sp³-hybridized carbons (Fsp3) is 0.556. The van der Waals surface area contributed by atoms with Crippen molar-refractivity contribution in [3.8, 4) is 0 Å². The van der Waals surface area contributed by atoms with Gasteiger partial charge in [0, 0.05) is 6.61 Å². The molecule has 1 heteroatoms. The van der Waals surface area contributed by atoms with Crippen molar-refractivity contribution in [3.63, 3.8) is 0 Å². The van der Waals surface area contributed by atoms with E-state index in [9.17, 15) is 0 Å². The van der Waals surface area contributed by atoms with Crippen molar-refractivity contribution in [2.45, 2.75) is 26.9 Å². The van der Waals surface area contributed by atoms with E-state index in [0.29, 0.717) is 0 Å². The molecule has 0 saturated heterocycles. The van der Waals surface area contributed by atoms with Gasteiger partial charge in [0.05, 0.1) is 6.10 Å². The van der Waals surface area contributed by atoms with Gasteiger partial charge in [-0.25, -0.2) is 0 Å². The molecule has 0 amide bonds. The molecule has 1 unspecified atom stereocenters. The lowest BCUT2D eigenvalue weighted by molar-refractivity contribution is 0.104. The highest BCUT2D eigenvalue weighted by Crippen LogP contribution is 2.06. The molecule has 0 saturated carbocycles. The van der Waals surface area contributed by atoms with E-state index < -0.39 is 0 Å². The van der Waals surface area contributed by atoms with Gasteiger partial charge in [0.2, 0.25) is 0 Å². The summed E-state index contributed by atoms with van der Waals surface area (Å²) >= 11 is 0. The lowest BCUT2D eigenvalue weighted by Gasteiger charge is -2.11. The zero-order valence-corrected chi connectivity index (χ0v) is 7.05. The van der Waals surface area contributed by atoms with Crippen molar-refractivity contribution < 1.29 is 4.74 Å². The largest absolute Gasteiger partial charge is 0.374 e. The minimum atomic E-state index is 0.187. The lowest BCUT2D eigenvalue weighted by Crippen LogP contribution is -2.09. The molecule has 0 heterocycles. The maximum Gasteiger partial charge on any atom is 0.0793 e. The van der Waals surface area contributed by atoms with Gasteiger partial charge < -0.3 is 4.74 Å². The van der Waals surface area contributed by atoms with Crippen LogP contribution in [0.3, 0.4) is 0 Å². The van der Waals surface area contributed by atoms with Gasteiger partial charge in [-0.1, -0.05) is 18.7 Å². The van der Waals surface area contributed by atoms with Crippen LogP contribution in [0.4, 0.5) is 0 Å². The fourth-order valence-corrected chi connectivity index (χ4v) is 0.865. The molecule has 10 heavy (non-hydrogen) atoms. The van der Waals surface area contributed by atoms with Crippen LogP contribution in [0.15, 0.2) is 24.3 Å². The van der Waals surface area contributed by atoms with E-state index in [1.54, 1.807) is 0 Å². The summed E-state index contributed by atoms with van der Waals surface area (Å²) < 4.78 is 5.35. The van der Waals surface area contributed by atoms with Crippen molar-refractivity contribution in [1.82, 2.24) is 0 Å². The second-order valence-corrected chi connectivity index (χ2v) is 2.09. The highest BCUT2D eigenvalue weighted by atomic mass is 16.5. The summed E-state index contributed by atoms with van der Waals surface area (Å²) in [5, 5.41) is 0. The van der Waals surface area contributed by atoms with E-state index in [0.717, 1.165) is 12.2 Å². The Morgan fingerprint density at radius 3 is 2.60 bits per heavy atom. The van der Waals surface area contributed by atoms with Crippen molar-refractivity contribution in [2.24, 2.45) is 0 Å². The minimum absolute atomic E-state index is 0.187. The molecule has 0 N–H and O–H groups in total. The Hall–Kier alpha value is -0.560. The molecule has 0 aliphatic carbocycles. The van der Waals surface area contributed by atoms with E-state index in [1.807, 2.05) is 32.9 Å². The van der Waals surface area contributed by atoms with Crippen molar-refractivity contribution in [3.05, 3.63) is 24.3 Å². The minimum Gasteiger partial charge on any atom is -0.374 e. The third-order valence-electron chi connectivity index (χ3n) is 1.46. The number of hydrogen-bond donors (Lipinski definition) is 0. The van der Waals surface area contributed by atoms with E-state index in [4.69, 9.17) is 4.74 Å². The molecule has 0 aromatic heterocycles. The lowest BCUT2D eigenvalue weighted by atomic mass is 10.1. The molecular formula is C9H16O. The van der Waals surface area contributed by atoms with Crippen LogP contribution in [0.25, 0.3) is 0 Å². The molecule has 0 aromatic rings. The molecule has 0 radical (unpaired) electrons. The molecule has 1 nitrogen and oxygen atoms in total. The van der Waals surface area contributed by atoms with Gasteiger partial charge in [-0.15, -0.1) is 0 Å². The monoisotopic (exact) mass is 140 g/mol. The first-order chi connectivity index (χ1) is 4.76. The summed E-state index contributed by atoms with van der Waals surface area (Å²) in [5.74, 6) is 0. The standard InChI is InChI=1S/C9H16O/c1-5-9(6-2)8(4)10-7-3/h5-6,8H,1,7H2,2-4H3/b9-6+. The molecule has 58 valence electrons. The first-order valence-electron chi connectivity index (χ1n) is 3.66. The Labute approximate surface area is 63.4 Å². The van der Waals surface area contributed by atoms with Gasteiger partial charge in [0.25, 0.3) is 0 Å². The van der Waals surface area contributed by atoms with Gasteiger partial charge in [0.1, 0.15) is 0 Å². The molecule has 0 bridgehead atoms. The Bertz CT molecular complexity index is 125.